The average Bonchev–Trinajstić information content (AvgIpc) is 3.67. The summed E-state index contributed by atoms with van der Waals surface area (Å²) in [5.74, 6) is -1.70. The Balaban J connectivity index is 1.33. The van der Waals surface area contributed by atoms with E-state index in [2.05, 4.69) is 15.3 Å². The number of hydrogen-bond donors (Lipinski definition) is 4. The van der Waals surface area contributed by atoms with Gasteiger partial charge in [-0.3, -0.25) is 19.0 Å². The molecule has 3 aromatic carbocycles. The Kier molecular flexibility index (Phi) is 7.76. The van der Waals surface area contributed by atoms with Gasteiger partial charge >= 0.3 is 0 Å². The predicted octanol–water partition coefficient (Wildman–Crippen LogP) is 5.23. The van der Waals surface area contributed by atoms with Gasteiger partial charge in [-0.05, 0) is 60.2 Å². The average molecular weight is 672 g/mol. The van der Waals surface area contributed by atoms with E-state index in [0.29, 0.717) is 49.9 Å². The van der Waals surface area contributed by atoms with Crippen molar-refractivity contribution in [3.05, 3.63) is 113 Å². The zero-order chi connectivity index (χ0) is 34.4. The highest BCUT2D eigenvalue weighted by atomic mass is 32.1. The second-order valence-corrected chi connectivity index (χ2v) is 12.2. The molecule has 0 radical (unpaired) electrons. The summed E-state index contributed by atoms with van der Waals surface area (Å²) in [7, 11) is 0. The number of thiazole rings is 1. The molecule has 3 amide bonds. The first kappa shape index (κ1) is 31.1. The molecule has 7 N–H and O–H groups in total. The van der Waals surface area contributed by atoms with Crippen LogP contribution < -0.4 is 22.5 Å². The molecular formula is C35H26FN9O3S. The van der Waals surface area contributed by atoms with Crippen LogP contribution in [-0.4, -0.2) is 42.2 Å². The number of aromatic nitrogens is 5. The van der Waals surface area contributed by atoms with Crippen molar-refractivity contribution in [2.45, 2.75) is 13.3 Å². The number of hydrogen-bond acceptors (Lipinski definition) is 9. The maximum atomic E-state index is 15.5. The predicted molar refractivity (Wildman–Crippen MR) is 186 cm³/mol. The number of rotatable bonds is 8. The number of nitrogens with two attached hydrogens (primary N) is 3. The van der Waals surface area contributed by atoms with Gasteiger partial charge in [0.15, 0.2) is 16.5 Å². The SMILES string of the molecule is CC(=O)Nc1cccc(-c2ccc3nc(-c4cccnc4N)n(-c4ccc(Cc5c(F)cc6sc(C(N)=O)nc6c5C(N)=O)cc4)c3n2)c1. The van der Waals surface area contributed by atoms with Crippen LogP contribution >= 0.6 is 11.3 Å². The number of imidazole rings is 1. The fourth-order valence-corrected chi connectivity index (χ4v) is 6.55. The number of carbonyl (C=O) groups is 3. The van der Waals surface area contributed by atoms with Gasteiger partial charge in [0.1, 0.15) is 17.2 Å². The van der Waals surface area contributed by atoms with Crippen molar-refractivity contribution < 1.29 is 18.8 Å². The van der Waals surface area contributed by atoms with E-state index >= 15 is 4.39 Å². The molecule has 12 nitrogen and oxygen atoms in total. The summed E-state index contributed by atoms with van der Waals surface area (Å²) in [5.41, 5.74) is 22.6. The van der Waals surface area contributed by atoms with Crippen LogP contribution in [0.2, 0.25) is 0 Å². The first-order valence-electron chi connectivity index (χ1n) is 14.9. The molecule has 0 aliphatic rings. The van der Waals surface area contributed by atoms with E-state index in [4.69, 9.17) is 27.2 Å². The number of primary amides is 2. The van der Waals surface area contributed by atoms with Crippen LogP contribution in [0, 0.1) is 5.82 Å². The third-order valence-electron chi connectivity index (χ3n) is 7.83. The summed E-state index contributed by atoms with van der Waals surface area (Å²) in [6.07, 6.45) is 1.61. The van der Waals surface area contributed by atoms with Crippen molar-refractivity contribution in [1.82, 2.24) is 24.5 Å². The van der Waals surface area contributed by atoms with Crippen molar-refractivity contribution in [3.63, 3.8) is 0 Å². The minimum atomic E-state index is -0.870. The molecule has 49 heavy (non-hydrogen) atoms. The standard InChI is InChI=1S/C35H26FN9O3S/c1-17(46)41-20-5-2-4-19(15-20)25-11-12-26-34(42-25)45(33(43-26)22-6-3-13-40-30(22)37)21-9-7-18(8-10-21)14-23-24(36)16-27-29(28(23)31(38)47)44-35(49-27)32(39)48/h2-13,15-16H,14H2,1H3,(H2,37,40)(H2,38,47)(H2,39,48)(H,41,46). The van der Waals surface area contributed by atoms with E-state index in [1.165, 1.54) is 13.0 Å². The lowest BCUT2D eigenvalue weighted by atomic mass is 9.97. The van der Waals surface area contributed by atoms with Crippen molar-refractivity contribution >= 4 is 61.9 Å². The van der Waals surface area contributed by atoms with Gasteiger partial charge in [-0.1, -0.05) is 24.3 Å². The Labute approximate surface area is 281 Å². The van der Waals surface area contributed by atoms with E-state index in [9.17, 15) is 14.4 Å². The summed E-state index contributed by atoms with van der Waals surface area (Å²) in [6.45, 7) is 1.44. The monoisotopic (exact) mass is 671 g/mol. The molecule has 0 bridgehead atoms. The zero-order valence-electron chi connectivity index (χ0n) is 25.8. The normalized spacial score (nSPS) is 11.2. The number of fused-ring (bicyclic) bond motifs is 2. The van der Waals surface area contributed by atoms with Gasteiger partial charge in [-0.25, -0.2) is 24.3 Å². The molecule has 4 heterocycles. The number of anilines is 2. The van der Waals surface area contributed by atoms with Crippen LogP contribution in [-0.2, 0) is 11.2 Å². The largest absolute Gasteiger partial charge is 0.383 e. The van der Waals surface area contributed by atoms with Gasteiger partial charge in [0.05, 0.1) is 27.0 Å². The quantitative estimate of drug-likeness (QED) is 0.168. The van der Waals surface area contributed by atoms with Crippen LogP contribution in [0.15, 0.2) is 85.1 Å². The number of nitrogens with zero attached hydrogens (tertiary/aromatic N) is 5. The van der Waals surface area contributed by atoms with Crippen LogP contribution in [0.4, 0.5) is 15.9 Å². The fraction of sp³-hybridized carbons (Fsp3) is 0.0571. The van der Waals surface area contributed by atoms with Gasteiger partial charge in [0.2, 0.25) is 5.91 Å². The first-order chi connectivity index (χ1) is 23.6. The van der Waals surface area contributed by atoms with E-state index in [1.54, 1.807) is 30.5 Å². The van der Waals surface area contributed by atoms with Gasteiger partial charge in [-0.2, -0.15) is 0 Å². The number of nitrogens with one attached hydrogen (secondary N) is 1. The lowest BCUT2D eigenvalue weighted by Gasteiger charge is -2.13. The molecule has 7 rings (SSSR count). The molecule has 0 saturated carbocycles. The highest BCUT2D eigenvalue weighted by Crippen LogP contribution is 2.34. The molecule has 7 aromatic rings. The van der Waals surface area contributed by atoms with Gasteiger partial charge in [0, 0.05) is 42.0 Å². The second kappa shape index (κ2) is 12.2. The molecule has 0 aliphatic carbocycles. The summed E-state index contributed by atoms with van der Waals surface area (Å²) in [5, 5.41) is 2.75. The zero-order valence-corrected chi connectivity index (χ0v) is 26.6. The first-order valence-corrected chi connectivity index (χ1v) is 15.7. The Hall–Kier alpha value is -6.54. The van der Waals surface area contributed by atoms with Crippen molar-refractivity contribution in [2.24, 2.45) is 11.5 Å². The molecule has 0 saturated heterocycles. The van der Waals surface area contributed by atoms with Gasteiger partial charge in [0.25, 0.3) is 11.8 Å². The van der Waals surface area contributed by atoms with Crippen LogP contribution in [0.3, 0.4) is 0 Å². The second-order valence-electron chi connectivity index (χ2n) is 11.2. The van der Waals surface area contributed by atoms with Gasteiger partial charge in [-0.15, -0.1) is 11.3 Å². The summed E-state index contributed by atoms with van der Waals surface area (Å²) in [6, 6.07) is 23.1. The molecular weight excluding hydrogens is 646 g/mol. The number of benzene rings is 3. The summed E-state index contributed by atoms with van der Waals surface area (Å²) >= 11 is 0.892. The summed E-state index contributed by atoms with van der Waals surface area (Å²) < 4.78 is 17.6. The molecule has 0 unspecified atom stereocenters. The Morgan fingerprint density at radius 2 is 1.71 bits per heavy atom. The van der Waals surface area contributed by atoms with E-state index in [-0.39, 0.29) is 39.8 Å². The highest BCUT2D eigenvalue weighted by Gasteiger charge is 2.23. The minimum absolute atomic E-state index is 0.0177. The van der Waals surface area contributed by atoms with Crippen molar-refractivity contribution in [2.75, 3.05) is 11.1 Å². The number of halogens is 1. The minimum Gasteiger partial charge on any atom is -0.383 e. The Morgan fingerprint density at radius 3 is 2.43 bits per heavy atom. The van der Waals surface area contributed by atoms with Crippen LogP contribution in [0.25, 0.3) is 49.7 Å². The third-order valence-corrected chi connectivity index (χ3v) is 8.85. The maximum Gasteiger partial charge on any atom is 0.277 e. The fourth-order valence-electron chi connectivity index (χ4n) is 5.69. The maximum absolute atomic E-state index is 15.5. The third kappa shape index (κ3) is 5.80. The van der Waals surface area contributed by atoms with Crippen molar-refractivity contribution in [3.8, 4) is 28.3 Å². The lowest BCUT2D eigenvalue weighted by Crippen LogP contribution is -2.16. The molecule has 0 atom stereocenters. The van der Waals surface area contributed by atoms with E-state index in [0.717, 1.165) is 16.9 Å². The Morgan fingerprint density at radius 1 is 0.918 bits per heavy atom. The smallest absolute Gasteiger partial charge is 0.277 e. The lowest BCUT2D eigenvalue weighted by molar-refractivity contribution is -0.114. The highest BCUT2D eigenvalue weighted by molar-refractivity contribution is 7.20. The Bertz CT molecular complexity index is 2470. The van der Waals surface area contributed by atoms with E-state index < -0.39 is 17.6 Å². The van der Waals surface area contributed by atoms with Crippen LogP contribution in [0.5, 0.6) is 0 Å². The molecule has 242 valence electrons. The molecule has 0 aliphatic heterocycles. The van der Waals surface area contributed by atoms with Gasteiger partial charge < -0.3 is 22.5 Å². The number of pyridine rings is 2. The molecule has 0 spiro atoms. The topological polar surface area (TPSA) is 198 Å². The number of nitrogen functional groups attached to an aromatic ring is 1. The van der Waals surface area contributed by atoms with Crippen LogP contribution in [0.1, 0.15) is 38.2 Å². The molecule has 14 heteroatoms. The molecule has 4 aromatic heterocycles. The van der Waals surface area contributed by atoms with E-state index in [1.807, 2.05) is 53.1 Å². The summed E-state index contributed by atoms with van der Waals surface area (Å²) in [4.78, 5) is 54.2. The number of amides is 3. The molecule has 0 fully saturated rings. The number of carbonyl (C=O) groups excluding carboxylic acids is 3. The van der Waals surface area contributed by atoms with Crippen molar-refractivity contribution in [1.29, 1.82) is 0 Å².